The van der Waals surface area contributed by atoms with E-state index in [2.05, 4.69) is 15.9 Å². The predicted octanol–water partition coefficient (Wildman–Crippen LogP) is 4.83. The molecule has 0 bridgehead atoms. The molecule has 0 aliphatic heterocycles. The summed E-state index contributed by atoms with van der Waals surface area (Å²) in [5, 5.41) is 8.78. The summed E-state index contributed by atoms with van der Waals surface area (Å²) in [6.07, 6.45) is -4.48. The molecule has 0 saturated heterocycles. The van der Waals surface area contributed by atoms with Crippen LogP contribution in [0.5, 0.6) is 0 Å². The first-order chi connectivity index (χ1) is 9.29. The van der Waals surface area contributed by atoms with E-state index < -0.39 is 17.7 Å². The lowest BCUT2D eigenvalue weighted by molar-refractivity contribution is -0.137. The molecule has 104 valence electrons. The Morgan fingerprint density at radius 3 is 2.15 bits per heavy atom. The molecule has 0 heterocycles. The average Bonchev–Trinajstić information content (AvgIpc) is 2.38. The van der Waals surface area contributed by atoms with Crippen molar-refractivity contribution in [3.8, 4) is 11.1 Å². The zero-order valence-corrected chi connectivity index (χ0v) is 11.5. The van der Waals surface area contributed by atoms with Gasteiger partial charge in [-0.05, 0) is 35.4 Å². The van der Waals surface area contributed by atoms with Crippen molar-refractivity contribution >= 4 is 21.9 Å². The Balaban J connectivity index is 2.55. The van der Waals surface area contributed by atoms with Gasteiger partial charge < -0.3 is 5.11 Å². The lowest BCUT2D eigenvalue weighted by atomic mass is 9.98. The van der Waals surface area contributed by atoms with Crippen molar-refractivity contribution in [1.29, 1.82) is 0 Å². The molecular formula is C14H8BrF3O2. The van der Waals surface area contributed by atoms with Gasteiger partial charge in [-0.25, -0.2) is 4.79 Å². The summed E-state index contributed by atoms with van der Waals surface area (Å²) in [6, 6.07) is 9.14. The van der Waals surface area contributed by atoms with Crippen molar-refractivity contribution in [3.05, 3.63) is 58.1 Å². The molecular weight excluding hydrogens is 337 g/mol. The number of carbonyl (C=O) groups is 1. The second-order valence-electron chi connectivity index (χ2n) is 4.07. The molecule has 0 amide bonds. The molecule has 6 heteroatoms. The van der Waals surface area contributed by atoms with E-state index >= 15 is 0 Å². The first-order valence-electron chi connectivity index (χ1n) is 5.49. The highest BCUT2D eigenvalue weighted by molar-refractivity contribution is 9.10. The molecule has 2 rings (SSSR count). The number of halogens is 4. The van der Waals surface area contributed by atoms with E-state index in [1.54, 1.807) is 0 Å². The van der Waals surface area contributed by atoms with Gasteiger partial charge in [-0.15, -0.1) is 0 Å². The Hall–Kier alpha value is -1.82. The van der Waals surface area contributed by atoms with Crippen LogP contribution in [-0.2, 0) is 6.18 Å². The van der Waals surface area contributed by atoms with Gasteiger partial charge in [0.15, 0.2) is 0 Å². The third-order valence-corrected chi connectivity index (χ3v) is 3.22. The minimum atomic E-state index is -4.48. The molecule has 0 atom stereocenters. The number of rotatable bonds is 2. The van der Waals surface area contributed by atoms with E-state index in [1.165, 1.54) is 36.4 Å². The van der Waals surface area contributed by atoms with Crippen LogP contribution in [0.3, 0.4) is 0 Å². The van der Waals surface area contributed by atoms with Crippen molar-refractivity contribution in [2.24, 2.45) is 0 Å². The van der Waals surface area contributed by atoms with Crippen molar-refractivity contribution in [3.63, 3.8) is 0 Å². The highest BCUT2D eigenvalue weighted by Gasteiger charge is 2.33. The summed E-state index contributed by atoms with van der Waals surface area (Å²) in [4.78, 5) is 10.7. The summed E-state index contributed by atoms with van der Waals surface area (Å²) in [5.74, 6) is -1.12. The second kappa shape index (κ2) is 5.28. The molecule has 2 aromatic rings. The molecule has 0 spiro atoms. The standard InChI is InChI=1S/C14H8BrF3O2/c15-10-5-6-11(12(7-10)14(16,17)18)8-1-3-9(4-2-8)13(19)20/h1-7H,(H,19,20). The van der Waals surface area contributed by atoms with Crippen molar-refractivity contribution in [2.45, 2.75) is 6.18 Å². The largest absolute Gasteiger partial charge is 0.478 e. The highest BCUT2D eigenvalue weighted by atomic mass is 79.9. The normalized spacial score (nSPS) is 11.4. The predicted molar refractivity (Wildman–Crippen MR) is 71.5 cm³/mol. The van der Waals surface area contributed by atoms with E-state index in [4.69, 9.17) is 5.11 Å². The Bertz CT molecular complexity index is 648. The number of carboxylic acid groups (broad SMARTS) is 1. The second-order valence-corrected chi connectivity index (χ2v) is 4.99. The third-order valence-electron chi connectivity index (χ3n) is 2.73. The average molecular weight is 345 g/mol. The van der Waals surface area contributed by atoms with Crippen molar-refractivity contribution in [1.82, 2.24) is 0 Å². The highest BCUT2D eigenvalue weighted by Crippen LogP contribution is 2.38. The zero-order valence-electron chi connectivity index (χ0n) is 9.91. The van der Waals surface area contributed by atoms with Gasteiger partial charge >= 0.3 is 12.1 Å². The van der Waals surface area contributed by atoms with Gasteiger partial charge in [-0.1, -0.05) is 34.1 Å². The third kappa shape index (κ3) is 3.01. The maximum absolute atomic E-state index is 13.0. The van der Waals surface area contributed by atoms with Gasteiger partial charge in [-0.2, -0.15) is 13.2 Å². The first kappa shape index (κ1) is 14.6. The van der Waals surface area contributed by atoms with E-state index in [1.807, 2.05) is 0 Å². The number of carboxylic acids is 1. The number of hydrogen-bond acceptors (Lipinski definition) is 1. The Labute approximate surface area is 121 Å². The van der Waals surface area contributed by atoms with Crippen LogP contribution in [0.15, 0.2) is 46.9 Å². The maximum atomic E-state index is 13.0. The minimum Gasteiger partial charge on any atom is -0.478 e. The Morgan fingerprint density at radius 2 is 1.65 bits per heavy atom. The minimum absolute atomic E-state index is 0.0117. The summed E-state index contributed by atoms with van der Waals surface area (Å²) in [6.45, 7) is 0. The molecule has 0 aliphatic carbocycles. The summed E-state index contributed by atoms with van der Waals surface area (Å²) in [7, 11) is 0. The van der Waals surface area contributed by atoms with Crippen LogP contribution in [0.2, 0.25) is 0 Å². The molecule has 0 unspecified atom stereocenters. The molecule has 0 saturated carbocycles. The van der Waals surface area contributed by atoms with Gasteiger partial charge in [0.05, 0.1) is 11.1 Å². The van der Waals surface area contributed by atoms with Crippen molar-refractivity contribution < 1.29 is 23.1 Å². The zero-order chi connectivity index (χ0) is 14.9. The SMILES string of the molecule is O=C(O)c1ccc(-c2ccc(Br)cc2C(F)(F)F)cc1. The fraction of sp³-hybridized carbons (Fsp3) is 0.0714. The van der Waals surface area contributed by atoms with E-state index in [0.29, 0.717) is 10.0 Å². The van der Waals surface area contributed by atoms with E-state index in [-0.39, 0.29) is 11.1 Å². The van der Waals surface area contributed by atoms with Gasteiger partial charge in [-0.3, -0.25) is 0 Å². The molecule has 0 radical (unpaired) electrons. The number of benzene rings is 2. The van der Waals surface area contributed by atoms with E-state index in [0.717, 1.165) is 6.07 Å². The van der Waals surface area contributed by atoms with Crippen LogP contribution >= 0.6 is 15.9 Å². The van der Waals surface area contributed by atoms with Crippen LogP contribution in [0.25, 0.3) is 11.1 Å². The molecule has 20 heavy (non-hydrogen) atoms. The van der Waals surface area contributed by atoms with Crippen molar-refractivity contribution in [2.75, 3.05) is 0 Å². The topological polar surface area (TPSA) is 37.3 Å². The number of alkyl halides is 3. The number of hydrogen-bond donors (Lipinski definition) is 1. The van der Waals surface area contributed by atoms with Gasteiger partial charge in [0, 0.05) is 4.47 Å². The summed E-state index contributed by atoms with van der Waals surface area (Å²) in [5.41, 5.74) is -0.415. The Kier molecular flexibility index (Phi) is 3.85. The summed E-state index contributed by atoms with van der Waals surface area (Å²) >= 11 is 3.01. The molecule has 0 fully saturated rings. The molecule has 2 nitrogen and oxygen atoms in total. The number of aromatic carboxylic acids is 1. The smallest absolute Gasteiger partial charge is 0.417 e. The van der Waals surface area contributed by atoms with Gasteiger partial charge in [0.25, 0.3) is 0 Å². The van der Waals surface area contributed by atoms with Crippen LogP contribution in [0, 0.1) is 0 Å². The van der Waals surface area contributed by atoms with E-state index in [9.17, 15) is 18.0 Å². The fourth-order valence-corrected chi connectivity index (χ4v) is 2.16. The van der Waals surface area contributed by atoms with Gasteiger partial charge in [0.2, 0.25) is 0 Å². The molecule has 0 aromatic heterocycles. The fourth-order valence-electron chi connectivity index (χ4n) is 1.80. The molecule has 0 aliphatic rings. The Morgan fingerprint density at radius 1 is 1.05 bits per heavy atom. The van der Waals surface area contributed by atoms with Crippen LogP contribution < -0.4 is 0 Å². The first-order valence-corrected chi connectivity index (χ1v) is 6.29. The maximum Gasteiger partial charge on any atom is 0.417 e. The molecule has 1 N–H and O–H groups in total. The van der Waals surface area contributed by atoms with Gasteiger partial charge in [0.1, 0.15) is 0 Å². The lowest BCUT2D eigenvalue weighted by Crippen LogP contribution is -2.07. The molecule has 2 aromatic carbocycles. The monoisotopic (exact) mass is 344 g/mol. The summed E-state index contributed by atoms with van der Waals surface area (Å²) < 4.78 is 39.3. The lowest BCUT2D eigenvalue weighted by Gasteiger charge is -2.13. The van der Waals surface area contributed by atoms with Crippen LogP contribution in [-0.4, -0.2) is 11.1 Å². The van der Waals surface area contributed by atoms with Crippen LogP contribution in [0.1, 0.15) is 15.9 Å². The quantitative estimate of drug-likeness (QED) is 0.846. The van der Waals surface area contributed by atoms with Crippen LogP contribution in [0.4, 0.5) is 13.2 Å².